The summed E-state index contributed by atoms with van der Waals surface area (Å²) < 4.78 is 0. The van der Waals surface area contributed by atoms with Crippen LogP contribution in [0.5, 0.6) is 0 Å². The summed E-state index contributed by atoms with van der Waals surface area (Å²) >= 11 is 0. The van der Waals surface area contributed by atoms with Gasteiger partial charge in [-0.05, 0) is 87.5 Å². The molecule has 1 N–H and O–H groups in total. The van der Waals surface area contributed by atoms with Crippen molar-refractivity contribution in [2.75, 3.05) is 0 Å². The van der Waals surface area contributed by atoms with E-state index in [-0.39, 0.29) is 17.7 Å². The molecule has 1 aliphatic heterocycles. The van der Waals surface area contributed by atoms with Gasteiger partial charge in [0, 0.05) is 24.0 Å². The first-order chi connectivity index (χ1) is 16.0. The van der Waals surface area contributed by atoms with Crippen molar-refractivity contribution in [1.29, 1.82) is 0 Å². The number of hydrogen-bond donors (Lipinski definition) is 1. The lowest BCUT2D eigenvalue weighted by atomic mass is 9.82. The average Bonchev–Trinajstić information content (AvgIpc) is 3.67. The molecule has 0 saturated heterocycles. The van der Waals surface area contributed by atoms with Crippen molar-refractivity contribution in [3.05, 3.63) is 41.5 Å². The summed E-state index contributed by atoms with van der Waals surface area (Å²) in [6.45, 7) is 6.44. The lowest BCUT2D eigenvalue weighted by molar-refractivity contribution is -0.119. The number of amides is 1. The number of carbonyl (C=O) groups is 1. The van der Waals surface area contributed by atoms with Crippen LogP contribution in [0.4, 0.5) is 0 Å². The summed E-state index contributed by atoms with van der Waals surface area (Å²) in [5.41, 5.74) is 3.53. The van der Waals surface area contributed by atoms with Gasteiger partial charge in [-0.2, -0.15) is 4.99 Å². The van der Waals surface area contributed by atoms with Crippen molar-refractivity contribution < 1.29 is 4.79 Å². The predicted octanol–water partition coefficient (Wildman–Crippen LogP) is 5.90. The third kappa shape index (κ3) is 5.64. The van der Waals surface area contributed by atoms with Crippen LogP contribution in [0.3, 0.4) is 0 Å². The van der Waals surface area contributed by atoms with Gasteiger partial charge in [-0.3, -0.25) is 9.79 Å². The summed E-state index contributed by atoms with van der Waals surface area (Å²) in [5.74, 6) is 5.82. The van der Waals surface area contributed by atoms with Crippen LogP contribution in [-0.4, -0.2) is 24.0 Å². The molecule has 2 fully saturated rings. The van der Waals surface area contributed by atoms with Crippen LogP contribution in [0.2, 0.25) is 0 Å². The minimum absolute atomic E-state index is 0.0136. The van der Waals surface area contributed by atoms with Gasteiger partial charge in [0.05, 0.1) is 6.04 Å². The lowest BCUT2D eigenvalue weighted by Crippen LogP contribution is -2.39. The van der Waals surface area contributed by atoms with E-state index in [1.54, 1.807) is 0 Å². The molecule has 2 aliphatic carbocycles. The van der Waals surface area contributed by atoms with E-state index in [1.165, 1.54) is 18.4 Å². The van der Waals surface area contributed by atoms with Crippen molar-refractivity contribution in [3.63, 3.8) is 0 Å². The summed E-state index contributed by atoms with van der Waals surface area (Å²) in [5, 5.41) is 3.68. The number of aliphatic imine (C=N–C) groups is 2. The molecule has 0 aromatic heterocycles. The first-order valence-corrected chi connectivity index (χ1v) is 12.6. The second kappa shape index (κ2) is 10.5. The first-order valence-electron chi connectivity index (χ1n) is 12.6. The predicted molar refractivity (Wildman–Crippen MR) is 137 cm³/mol. The minimum atomic E-state index is 0.0136. The van der Waals surface area contributed by atoms with Crippen LogP contribution in [-0.2, 0) is 4.79 Å². The van der Waals surface area contributed by atoms with E-state index < -0.39 is 0 Å². The Bertz CT molecular complexity index is 980. The highest BCUT2D eigenvalue weighted by molar-refractivity contribution is 6.02. The van der Waals surface area contributed by atoms with E-state index in [0.717, 1.165) is 42.8 Å². The highest BCUT2D eigenvalue weighted by Crippen LogP contribution is 2.44. The molecule has 4 rings (SSSR count). The van der Waals surface area contributed by atoms with E-state index in [2.05, 4.69) is 59.3 Å². The fraction of sp³-hybridized carbons (Fsp3) is 0.552. The fourth-order valence-corrected chi connectivity index (χ4v) is 5.71. The Morgan fingerprint density at radius 3 is 2.61 bits per heavy atom. The van der Waals surface area contributed by atoms with Gasteiger partial charge in [0.25, 0.3) is 0 Å². The minimum Gasteiger partial charge on any atom is -0.343 e. The molecule has 2 saturated carbocycles. The Kier molecular flexibility index (Phi) is 7.48. The molecule has 33 heavy (non-hydrogen) atoms. The maximum atomic E-state index is 12.5. The molecule has 1 amide bonds. The molecule has 0 spiro atoms. The topological polar surface area (TPSA) is 53.8 Å². The second-order valence-electron chi connectivity index (χ2n) is 10.1. The van der Waals surface area contributed by atoms with Crippen molar-refractivity contribution in [3.8, 4) is 12.3 Å². The summed E-state index contributed by atoms with van der Waals surface area (Å²) in [6.07, 6.45) is 15.0. The molecule has 0 bridgehead atoms. The largest absolute Gasteiger partial charge is 0.343 e. The van der Waals surface area contributed by atoms with Crippen LogP contribution in [0, 0.1) is 41.9 Å². The SMILES string of the molecule is C#CC1CC(/N=C\C)CCC(/C(C)=C(/NC2=NC(=O)C[C@H](C3CC3)[C@@H]2C)c2ccccc2)C1. The highest BCUT2D eigenvalue weighted by Gasteiger charge is 2.40. The van der Waals surface area contributed by atoms with Crippen LogP contribution >= 0.6 is 0 Å². The quantitative estimate of drug-likeness (QED) is 0.350. The Hall–Kier alpha value is -2.67. The highest BCUT2D eigenvalue weighted by atomic mass is 16.1. The normalized spacial score (nSPS) is 31.4. The van der Waals surface area contributed by atoms with Crippen LogP contribution in [0.25, 0.3) is 5.70 Å². The maximum absolute atomic E-state index is 12.5. The Morgan fingerprint density at radius 2 is 1.94 bits per heavy atom. The van der Waals surface area contributed by atoms with E-state index in [1.807, 2.05) is 19.2 Å². The molecule has 0 radical (unpaired) electrons. The number of allylic oxidation sites excluding steroid dienone is 1. The Labute approximate surface area is 199 Å². The van der Waals surface area contributed by atoms with E-state index in [4.69, 9.17) is 6.42 Å². The zero-order valence-electron chi connectivity index (χ0n) is 20.3. The maximum Gasteiger partial charge on any atom is 0.247 e. The summed E-state index contributed by atoms with van der Waals surface area (Å²) in [6, 6.07) is 10.8. The molecule has 4 heteroatoms. The van der Waals surface area contributed by atoms with Gasteiger partial charge in [-0.25, -0.2) is 0 Å². The molecule has 174 valence electrons. The van der Waals surface area contributed by atoms with Crippen LogP contribution in [0.15, 0.2) is 45.9 Å². The molecule has 3 unspecified atom stereocenters. The lowest BCUT2D eigenvalue weighted by Gasteiger charge is -2.31. The Morgan fingerprint density at radius 1 is 1.18 bits per heavy atom. The molecule has 3 aliphatic rings. The number of carbonyl (C=O) groups excluding carboxylic acids is 1. The molecule has 1 aromatic carbocycles. The van der Waals surface area contributed by atoms with Gasteiger partial charge in [-0.15, -0.1) is 12.3 Å². The zero-order chi connectivity index (χ0) is 23.4. The van der Waals surface area contributed by atoms with Crippen molar-refractivity contribution in [2.45, 2.75) is 71.8 Å². The molecular formula is C29H37N3O. The van der Waals surface area contributed by atoms with Gasteiger partial charge in [0.2, 0.25) is 5.91 Å². The fourth-order valence-electron chi connectivity index (χ4n) is 5.71. The third-order valence-corrected chi connectivity index (χ3v) is 7.85. The third-order valence-electron chi connectivity index (χ3n) is 7.85. The summed E-state index contributed by atoms with van der Waals surface area (Å²) in [4.78, 5) is 21.7. The number of benzene rings is 1. The molecular weight excluding hydrogens is 406 g/mol. The van der Waals surface area contributed by atoms with Gasteiger partial charge >= 0.3 is 0 Å². The van der Waals surface area contributed by atoms with Crippen molar-refractivity contribution >= 4 is 23.7 Å². The number of nitrogens with one attached hydrogen (secondary N) is 1. The molecule has 5 atom stereocenters. The average molecular weight is 444 g/mol. The van der Waals surface area contributed by atoms with E-state index in [9.17, 15) is 4.79 Å². The number of hydrogen-bond acceptors (Lipinski definition) is 3. The van der Waals surface area contributed by atoms with Crippen LogP contribution in [0.1, 0.15) is 71.3 Å². The van der Waals surface area contributed by atoms with E-state index >= 15 is 0 Å². The monoisotopic (exact) mass is 443 g/mol. The second-order valence-corrected chi connectivity index (χ2v) is 10.1. The van der Waals surface area contributed by atoms with E-state index in [0.29, 0.717) is 30.2 Å². The Balaban J connectivity index is 1.66. The van der Waals surface area contributed by atoms with Crippen LogP contribution < -0.4 is 5.32 Å². The van der Waals surface area contributed by atoms with Gasteiger partial charge in [0.15, 0.2) is 0 Å². The number of amidine groups is 1. The first kappa shape index (κ1) is 23.5. The van der Waals surface area contributed by atoms with Crippen molar-refractivity contribution in [1.82, 2.24) is 5.32 Å². The summed E-state index contributed by atoms with van der Waals surface area (Å²) in [7, 11) is 0. The molecule has 4 nitrogen and oxygen atoms in total. The van der Waals surface area contributed by atoms with Gasteiger partial charge < -0.3 is 5.32 Å². The number of terminal acetylenes is 1. The number of nitrogens with zero attached hydrogens (tertiary/aromatic N) is 2. The van der Waals surface area contributed by atoms with Gasteiger partial charge in [0.1, 0.15) is 5.84 Å². The smallest absolute Gasteiger partial charge is 0.247 e. The molecule has 1 heterocycles. The standard InChI is InChI=1S/C29H37N3O/c1-5-21-16-24(14-15-25(17-21)30-6-2)19(3)28(23-10-8-7-9-11-23)32-29-20(4)26(22-12-13-22)18-27(33)31-29/h1,6-11,20-22,24-26H,12-18H2,2-4H3,(H,31,32,33)/b28-19+,30-6-/t20-,21?,24?,25?,26-/m0/s1. The van der Waals surface area contributed by atoms with Crippen molar-refractivity contribution in [2.24, 2.45) is 39.6 Å². The van der Waals surface area contributed by atoms with Gasteiger partial charge in [-0.1, -0.05) is 37.3 Å². The molecule has 1 aromatic rings. The number of rotatable bonds is 5. The zero-order valence-corrected chi connectivity index (χ0v) is 20.3.